The minimum atomic E-state index is 0.392. The molecule has 0 amide bonds. The highest BCUT2D eigenvalue weighted by Crippen LogP contribution is 2.40. The first-order valence-electron chi connectivity index (χ1n) is 7.02. The Morgan fingerprint density at radius 3 is 3.05 bits per heavy atom. The molecule has 2 aromatic heterocycles. The van der Waals surface area contributed by atoms with E-state index in [1.165, 1.54) is 24.2 Å². The standard InChI is InChI=1S/C15H17N5S/c1-10-9-21-15(19-10)13(7-16)8-17-14-5-6-18-20(14)11(2)12-3-4-12/h5-6,8-9,11-12,17H,3-4H2,1-2H3/b13-8+/t11-/m1/s1. The Kier molecular flexibility index (Phi) is 3.76. The van der Waals surface area contributed by atoms with Crippen molar-refractivity contribution >= 4 is 22.7 Å². The molecular formula is C15H17N5S. The van der Waals surface area contributed by atoms with Crippen molar-refractivity contribution in [1.82, 2.24) is 14.8 Å². The third kappa shape index (κ3) is 2.98. The summed E-state index contributed by atoms with van der Waals surface area (Å²) in [7, 11) is 0. The minimum Gasteiger partial charge on any atom is -0.345 e. The lowest BCUT2D eigenvalue weighted by Crippen LogP contribution is -2.11. The Morgan fingerprint density at radius 2 is 2.43 bits per heavy atom. The van der Waals surface area contributed by atoms with E-state index in [0.29, 0.717) is 11.6 Å². The summed E-state index contributed by atoms with van der Waals surface area (Å²) in [6.07, 6.45) is 6.05. The number of hydrogen-bond acceptors (Lipinski definition) is 5. The van der Waals surface area contributed by atoms with Crippen LogP contribution in [0.25, 0.3) is 5.57 Å². The monoisotopic (exact) mass is 299 g/mol. The van der Waals surface area contributed by atoms with Crippen LogP contribution in [-0.2, 0) is 0 Å². The fraction of sp³-hybridized carbons (Fsp3) is 0.400. The first-order chi connectivity index (χ1) is 10.2. The predicted octanol–water partition coefficient (Wildman–Crippen LogP) is 3.60. The summed E-state index contributed by atoms with van der Waals surface area (Å²) in [5.41, 5.74) is 1.48. The average Bonchev–Trinajstić information content (AvgIpc) is 3.08. The molecule has 6 heteroatoms. The molecule has 0 spiro atoms. The highest BCUT2D eigenvalue weighted by atomic mass is 32.1. The van der Waals surface area contributed by atoms with Gasteiger partial charge in [0.2, 0.25) is 0 Å². The van der Waals surface area contributed by atoms with Crippen molar-refractivity contribution in [1.29, 1.82) is 5.26 Å². The van der Waals surface area contributed by atoms with Crippen molar-refractivity contribution in [2.45, 2.75) is 32.7 Å². The Balaban J connectivity index is 1.78. The van der Waals surface area contributed by atoms with Crippen LogP contribution in [0.3, 0.4) is 0 Å². The van der Waals surface area contributed by atoms with E-state index in [1.807, 2.05) is 23.1 Å². The topological polar surface area (TPSA) is 66.5 Å². The van der Waals surface area contributed by atoms with Crippen molar-refractivity contribution in [2.75, 3.05) is 5.32 Å². The summed E-state index contributed by atoms with van der Waals surface area (Å²) in [6, 6.07) is 4.51. The van der Waals surface area contributed by atoms with E-state index in [0.717, 1.165) is 22.4 Å². The number of nitrogens with one attached hydrogen (secondary N) is 1. The maximum atomic E-state index is 9.28. The van der Waals surface area contributed by atoms with E-state index >= 15 is 0 Å². The molecule has 5 nitrogen and oxygen atoms in total. The lowest BCUT2D eigenvalue weighted by Gasteiger charge is -2.14. The molecule has 21 heavy (non-hydrogen) atoms. The molecule has 0 bridgehead atoms. The van der Waals surface area contributed by atoms with E-state index in [2.05, 4.69) is 28.4 Å². The summed E-state index contributed by atoms with van der Waals surface area (Å²) >= 11 is 1.48. The highest BCUT2D eigenvalue weighted by Gasteiger charge is 2.30. The van der Waals surface area contributed by atoms with Gasteiger partial charge in [-0.2, -0.15) is 10.4 Å². The molecule has 108 valence electrons. The molecule has 1 saturated carbocycles. The van der Waals surface area contributed by atoms with Gasteiger partial charge < -0.3 is 5.32 Å². The SMILES string of the molecule is Cc1csc(/C(C#N)=C/Nc2ccnn2[C@H](C)C2CC2)n1. The molecule has 2 heterocycles. The predicted molar refractivity (Wildman–Crippen MR) is 83.7 cm³/mol. The zero-order valence-corrected chi connectivity index (χ0v) is 12.9. The zero-order chi connectivity index (χ0) is 14.8. The van der Waals surface area contributed by atoms with Gasteiger partial charge in [-0.3, -0.25) is 0 Å². The molecule has 0 aromatic carbocycles. The van der Waals surface area contributed by atoms with Gasteiger partial charge >= 0.3 is 0 Å². The van der Waals surface area contributed by atoms with Gasteiger partial charge in [0.05, 0.1) is 12.2 Å². The van der Waals surface area contributed by atoms with Gasteiger partial charge in [0.1, 0.15) is 22.5 Å². The normalized spacial score (nSPS) is 16.5. The van der Waals surface area contributed by atoms with Crippen molar-refractivity contribution in [3.05, 3.63) is 34.5 Å². The largest absolute Gasteiger partial charge is 0.345 e. The van der Waals surface area contributed by atoms with Crippen LogP contribution >= 0.6 is 11.3 Å². The Morgan fingerprint density at radius 1 is 1.62 bits per heavy atom. The lowest BCUT2D eigenvalue weighted by atomic mass is 10.2. The van der Waals surface area contributed by atoms with Gasteiger partial charge in [-0.15, -0.1) is 11.3 Å². The number of aromatic nitrogens is 3. The van der Waals surface area contributed by atoms with Crippen molar-refractivity contribution in [3.63, 3.8) is 0 Å². The zero-order valence-electron chi connectivity index (χ0n) is 12.1. The maximum absolute atomic E-state index is 9.28. The molecular weight excluding hydrogens is 282 g/mol. The van der Waals surface area contributed by atoms with E-state index in [1.54, 1.807) is 12.4 Å². The van der Waals surface area contributed by atoms with E-state index < -0.39 is 0 Å². The molecule has 1 N–H and O–H groups in total. The van der Waals surface area contributed by atoms with Crippen molar-refractivity contribution in [2.24, 2.45) is 5.92 Å². The lowest BCUT2D eigenvalue weighted by molar-refractivity contribution is 0.446. The third-order valence-corrected chi connectivity index (χ3v) is 4.69. The Labute approximate surface area is 127 Å². The number of anilines is 1. The molecule has 1 fully saturated rings. The quantitative estimate of drug-likeness (QED) is 0.857. The first kappa shape index (κ1) is 13.8. The first-order valence-corrected chi connectivity index (χ1v) is 7.90. The average molecular weight is 299 g/mol. The highest BCUT2D eigenvalue weighted by molar-refractivity contribution is 7.10. The van der Waals surface area contributed by atoms with Gasteiger partial charge in [-0.05, 0) is 32.6 Å². The minimum absolute atomic E-state index is 0.392. The summed E-state index contributed by atoms with van der Waals surface area (Å²) in [6.45, 7) is 4.11. The van der Waals surface area contributed by atoms with Crippen molar-refractivity contribution < 1.29 is 0 Å². The van der Waals surface area contributed by atoms with Crippen LogP contribution in [0.5, 0.6) is 0 Å². The molecule has 1 atom stereocenters. The van der Waals surface area contributed by atoms with Crippen molar-refractivity contribution in [3.8, 4) is 6.07 Å². The van der Waals surface area contributed by atoms with Gasteiger partial charge in [-0.25, -0.2) is 9.67 Å². The molecule has 0 radical (unpaired) electrons. The third-order valence-electron chi connectivity index (χ3n) is 3.69. The fourth-order valence-electron chi connectivity index (χ4n) is 2.30. The Hall–Kier alpha value is -2.13. The Bertz CT molecular complexity index is 702. The van der Waals surface area contributed by atoms with Crippen LogP contribution in [0.15, 0.2) is 23.8 Å². The van der Waals surface area contributed by atoms with Crippen LogP contribution in [0.4, 0.5) is 5.82 Å². The van der Waals surface area contributed by atoms with E-state index in [-0.39, 0.29) is 0 Å². The maximum Gasteiger partial charge on any atom is 0.135 e. The van der Waals surface area contributed by atoms with Gasteiger partial charge in [0.15, 0.2) is 0 Å². The molecule has 1 aliphatic carbocycles. The van der Waals surface area contributed by atoms with Crippen LogP contribution in [0, 0.1) is 24.2 Å². The molecule has 2 aromatic rings. The molecule has 3 rings (SSSR count). The van der Waals surface area contributed by atoms with Crippen LogP contribution < -0.4 is 5.32 Å². The van der Waals surface area contributed by atoms with Crippen LogP contribution in [-0.4, -0.2) is 14.8 Å². The number of thiazole rings is 1. The van der Waals surface area contributed by atoms with Gasteiger partial charge in [-0.1, -0.05) is 0 Å². The number of rotatable bonds is 5. The summed E-state index contributed by atoms with van der Waals surface area (Å²) in [5.74, 6) is 1.64. The number of allylic oxidation sites excluding steroid dienone is 1. The van der Waals surface area contributed by atoms with E-state index in [4.69, 9.17) is 0 Å². The second-order valence-electron chi connectivity index (χ2n) is 5.35. The molecule has 0 aliphatic heterocycles. The number of nitrogens with zero attached hydrogens (tertiary/aromatic N) is 4. The van der Waals surface area contributed by atoms with Gasteiger partial charge in [0.25, 0.3) is 0 Å². The summed E-state index contributed by atoms with van der Waals surface area (Å²) < 4.78 is 2.00. The number of hydrogen-bond donors (Lipinski definition) is 1. The van der Waals surface area contributed by atoms with E-state index in [9.17, 15) is 5.26 Å². The molecule has 1 aliphatic rings. The smallest absolute Gasteiger partial charge is 0.135 e. The summed E-state index contributed by atoms with van der Waals surface area (Å²) in [4.78, 5) is 4.34. The second-order valence-corrected chi connectivity index (χ2v) is 6.21. The summed E-state index contributed by atoms with van der Waals surface area (Å²) in [5, 5.41) is 19.5. The van der Waals surface area contributed by atoms with Crippen LogP contribution in [0.1, 0.15) is 36.5 Å². The molecule has 0 unspecified atom stereocenters. The fourth-order valence-corrected chi connectivity index (χ4v) is 3.06. The second kappa shape index (κ2) is 5.70. The number of aryl methyl sites for hydroxylation is 1. The van der Waals surface area contributed by atoms with Gasteiger partial charge in [0, 0.05) is 23.3 Å². The molecule has 0 saturated heterocycles. The van der Waals surface area contributed by atoms with Crippen LogP contribution in [0.2, 0.25) is 0 Å². The number of nitriles is 1.